The van der Waals surface area contributed by atoms with Gasteiger partial charge < -0.3 is 10.6 Å². The average molecular weight is 440 g/mol. The lowest BCUT2D eigenvalue weighted by Crippen LogP contribution is -2.61. The van der Waals surface area contributed by atoms with Gasteiger partial charge in [-0.1, -0.05) is 6.07 Å². The van der Waals surface area contributed by atoms with Gasteiger partial charge in [0.1, 0.15) is 0 Å². The molecule has 0 radical (unpaired) electrons. The first-order chi connectivity index (χ1) is 15.0. The molecule has 0 amide bonds. The zero-order valence-electron chi connectivity index (χ0n) is 19.4. The topological polar surface area (TPSA) is 96.7 Å². The van der Waals surface area contributed by atoms with Gasteiger partial charge in [0.2, 0.25) is 5.95 Å². The normalized spacial score (nSPS) is 18.5. The molecule has 9 nitrogen and oxygen atoms in total. The molecular formula is C22H30FN9. The summed E-state index contributed by atoms with van der Waals surface area (Å²) in [6.45, 7) is 10.7. The first-order valence-electron chi connectivity index (χ1n) is 10.7. The van der Waals surface area contributed by atoms with Crippen molar-refractivity contribution in [2.45, 2.75) is 64.6 Å². The van der Waals surface area contributed by atoms with E-state index in [-0.39, 0.29) is 22.9 Å². The molecule has 0 aliphatic carbocycles. The molecule has 2 N–H and O–H groups in total. The van der Waals surface area contributed by atoms with Gasteiger partial charge in [0.25, 0.3) is 0 Å². The third kappa shape index (κ3) is 4.40. The Morgan fingerprint density at radius 2 is 1.84 bits per heavy atom. The number of hydrogen-bond acceptors (Lipinski definition) is 8. The molecule has 32 heavy (non-hydrogen) atoms. The third-order valence-electron chi connectivity index (χ3n) is 6.37. The van der Waals surface area contributed by atoms with Gasteiger partial charge in [-0.2, -0.15) is 9.67 Å². The molecule has 4 rings (SSSR count). The number of aromatic nitrogens is 6. The fraction of sp³-hybridized carbons (Fsp3) is 0.500. The highest BCUT2D eigenvalue weighted by Gasteiger charge is 2.43. The fourth-order valence-corrected chi connectivity index (χ4v) is 4.51. The van der Waals surface area contributed by atoms with E-state index in [1.54, 1.807) is 4.68 Å². The average Bonchev–Trinajstić information content (AvgIpc) is 3.14. The van der Waals surface area contributed by atoms with Crippen molar-refractivity contribution in [3.05, 3.63) is 42.1 Å². The molecule has 1 fully saturated rings. The zero-order valence-corrected chi connectivity index (χ0v) is 19.4. The van der Waals surface area contributed by atoms with Gasteiger partial charge in [0, 0.05) is 22.8 Å². The maximum absolute atomic E-state index is 14.6. The predicted octanol–water partition coefficient (Wildman–Crippen LogP) is 3.71. The van der Waals surface area contributed by atoms with Crippen LogP contribution in [-0.4, -0.2) is 59.2 Å². The van der Waals surface area contributed by atoms with Gasteiger partial charge in [-0.15, -0.1) is 5.10 Å². The molecular weight excluding hydrogens is 409 g/mol. The summed E-state index contributed by atoms with van der Waals surface area (Å²) in [7, 11) is 2.15. The Morgan fingerprint density at radius 3 is 2.50 bits per heavy atom. The number of tetrazole rings is 1. The van der Waals surface area contributed by atoms with Crippen LogP contribution in [0, 0.1) is 12.7 Å². The minimum Gasteiger partial charge on any atom is -0.365 e. The summed E-state index contributed by atoms with van der Waals surface area (Å²) in [5.41, 5.74) is 1.52. The van der Waals surface area contributed by atoms with E-state index in [4.69, 9.17) is 0 Å². The van der Waals surface area contributed by atoms with Gasteiger partial charge in [0.05, 0.1) is 11.9 Å². The lowest BCUT2D eigenvalue weighted by Gasteiger charge is -2.53. The summed E-state index contributed by atoms with van der Waals surface area (Å²) < 4.78 is 16.2. The molecule has 1 aromatic carbocycles. The Hall–Kier alpha value is -3.14. The molecule has 0 bridgehead atoms. The van der Waals surface area contributed by atoms with Gasteiger partial charge >= 0.3 is 0 Å². The van der Waals surface area contributed by atoms with E-state index < -0.39 is 5.82 Å². The number of rotatable bonds is 5. The van der Waals surface area contributed by atoms with E-state index in [1.807, 2.05) is 31.2 Å². The van der Waals surface area contributed by atoms with E-state index in [2.05, 4.69) is 75.8 Å². The summed E-state index contributed by atoms with van der Waals surface area (Å²) >= 11 is 0. The van der Waals surface area contributed by atoms with Crippen molar-refractivity contribution in [3.63, 3.8) is 0 Å². The van der Waals surface area contributed by atoms with Crippen molar-refractivity contribution < 1.29 is 4.39 Å². The highest BCUT2D eigenvalue weighted by Crippen LogP contribution is 2.38. The van der Waals surface area contributed by atoms with Gasteiger partial charge in [-0.25, -0.2) is 9.37 Å². The lowest BCUT2D eigenvalue weighted by molar-refractivity contribution is -0.00778. The zero-order chi connectivity index (χ0) is 23.1. The van der Waals surface area contributed by atoms with Crippen molar-refractivity contribution in [1.82, 2.24) is 35.1 Å². The molecule has 1 saturated heterocycles. The Bertz CT molecular complexity index is 1090. The smallest absolute Gasteiger partial charge is 0.229 e. The van der Waals surface area contributed by atoms with Crippen LogP contribution in [0.3, 0.4) is 0 Å². The third-order valence-corrected chi connectivity index (χ3v) is 6.37. The Morgan fingerprint density at radius 1 is 1.12 bits per heavy atom. The molecule has 1 aliphatic rings. The molecule has 3 heterocycles. The van der Waals surface area contributed by atoms with Crippen molar-refractivity contribution in [2.24, 2.45) is 0 Å². The van der Waals surface area contributed by atoms with Crippen LogP contribution in [0.4, 0.5) is 21.8 Å². The number of nitrogens with one attached hydrogen (secondary N) is 2. The van der Waals surface area contributed by atoms with E-state index >= 15 is 0 Å². The monoisotopic (exact) mass is 439 g/mol. The number of nitrogens with zero attached hydrogens (tertiary/aromatic N) is 7. The van der Waals surface area contributed by atoms with Crippen LogP contribution in [0.25, 0.3) is 5.69 Å². The van der Waals surface area contributed by atoms with Gasteiger partial charge in [-0.3, -0.25) is 4.90 Å². The van der Waals surface area contributed by atoms with Crippen molar-refractivity contribution >= 4 is 17.5 Å². The maximum atomic E-state index is 14.6. The van der Waals surface area contributed by atoms with Gasteiger partial charge in [0.15, 0.2) is 17.5 Å². The summed E-state index contributed by atoms with van der Waals surface area (Å²) in [5.74, 6) is 0.723. The summed E-state index contributed by atoms with van der Waals surface area (Å²) in [5, 5.41) is 18.1. The van der Waals surface area contributed by atoms with Crippen molar-refractivity contribution in [1.29, 1.82) is 0 Å². The van der Waals surface area contributed by atoms with E-state index in [0.29, 0.717) is 11.8 Å². The Labute approximate surface area is 187 Å². The first kappa shape index (κ1) is 22.1. The van der Waals surface area contributed by atoms with Crippen LogP contribution < -0.4 is 10.6 Å². The Kier molecular flexibility index (Phi) is 5.58. The molecule has 2 aromatic heterocycles. The predicted molar refractivity (Wildman–Crippen MR) is 122 cm³/mol. The van der Waals surface area contributed by atoms with Crippen LogP contribution in [-0.2, 0) is 0 Å². The van der Waals surface area contributed by atoms with Crippen LogP contribution in [0.5, 0.6) is 0 Å². The highest BCUT2D eigenvalue weighted by atomic mass is 19.1. The fourth-order valence-electron chi connectivity index (χ4n) is 4.51. The van der Waals surface area contributed by atoms with Crippen LogP contribution >= 0.6 is 0 Å². The largest absolute Gasteiger partial charge is 0.365 e. The lowest BCUT2D eigenvalue weighted by atomic mass is 9.77. The number of halogens is 1. The number of likely N-dealkylation sites (tertiary alicyclic amines) is 1. The molecule has 10 heteroatoms. The quantitative estimate of drug-likeness (QED) is 0.621. The molecule has 0 unspecified atom stereocenters. The van der Waals surface area contributed by atoms with Crippen molar-refractivity contribution in [2.75, 3.05) is 17.7 Å². The van der Waals surface area contributed by atoms with Crippen LogP contribution in [0.15, 0.2) is 30.5 Å². The molecule has 170 valence electrons. The van der Waals surface area contributed by atoms with Gasteiger partial charge in [-0.05, 0) is 83.1 Å². The summed E-state index contributed by atoms with van der Waals surface area (Å²) in [6, 6.07) is 7.64. The minimum atomic E-state index is -0.469. The molecule has 0 saturated carbocycles. The standard InChI is InChI=1S/C22H30FN9/c1-14-28-29-30-32(14)17-9-7-8-15(10-17)26-20-24-13-18(23)19(27-20)25-16-11-21(2,3)31(6)22(4,5)12-16/h7-10,13,16H,11-12H2,1-6H3,(H2,24,25,26,27). The van der Waals surface area contributed by atoms with Crippen LogP contribution in [0.2, 0.25) is 0 Å². The highest BCUT2D eigenvalue weighted by molar-refractivity contribution is 5.58. The number of benzene rings is 1. The van der Waals surface area contributed by atoms with E-state index in [1.165, 1.54) is 6.20 Å². The van der Waals surface area contributed by atoms with Crippen molar-refractivity contribution in [3.8, 4) is 5.69 Å². The van der Waals surface area contributed by atoms with Crippen LogP contribution in [0.1, 0.15) is 46.4 Å². The second kappa shape index (κ2) is 8.09. The number of piperidine rings is 1. The summed E-state index contributed by atoms with van der Waals surface area (Å²) in [6.07, 6.45) is 2.96. The second-order valence-electron chi connectivity index (χ2n) is 9.64. The number of aryl methyl sites for hydroxylation is 1. The van der Waals surface area contributed by atoms with E-state index in [0.717, 1.165) is 24.2 Å². The second-order valence-corrected chi connectivity index (χ2v) is 9.64. The number of anilines is 3. The molecule has 1 aliphatic heterocycles. The first-order valence-corrected chi connectivity index (χ1v) is 10.7. The van der Waals surface area contributed by atoms with E-state index in [9.17, 15) is 4.39 Å². The molecule has 3 aromatic rings. The Balaban J connectivity index is 1.53. The number of hydrogen-bond donors (Lipinski definition) is 2. The maximum Gasteiger partial charge on any atom is 0.229 e. The molecule has 0 spiro atoms. The SMILES string of the molecule is Cc1nnnn1-c1cccc(Nc2ncc(F)c(NC3CC(C)(C)N(C)C(C)(C)C3)n2)c1. The minimum absolute atomic E-state index is 0.0151. The summed E-state index contributed by atoms with van der Waals surface area (Å²) in [4.78, 5) is 10.9. The molecule has 0 atom stereocenters.